The molecule has 0 amide bonds. The summed E-state index contributed by atoms with van der Waals surface area (Å²) in [6.45, 7) is 3.90. The van der Waals surface area contributed by atoms with E-state index in [-0.39, 0.29) is 12.0 Å². The van der Waals surface area contributed by atoms with Gasteiger partial charge in [-0.3, -0.25) is 0 Å². The number of hydrogen-bond donors (Lipinski definition) is 0. The van der Waals surface area contributed by atoms with Crippen LogP contribution in [-0.2, 0) is 6.42 Å². The molecule has 0 heterocycles. The van der Waals surface area contributed by atoms with Gasteiger partial charge in [-0.15, -0.1) is 0 Å². The summed E-state index contributed by atoms with van der Waals surface area (Å²) in [5.74, 6) is -4.90. The molecule has 0 nitrogen and oxygen atoms in total. The lowest BCUT2D eigenvalue weighted by Gasteiger charge is -2.09. The molecule has 0 aromatic heterocycles. The molecule has 0 saturated heterocycles. The monoisotopic (exact) mass is 350 g/mol. The number of halogens is 4. The molecule has 0 radical (unpaired) electrons. The number of benzene rings is 2. The van der Waals surface area contributed by atoms with Gasteiger partial charge in [-0.25, -0.2) is 17.6 Å². The van der Waals surface area contributed by atoms with E-state index in [0.717, 1.165) is 24.5 Å². The molecular weight excluding hydrogens is 328 g/mol. The first-order valence-electron chi connectivity index (χ1n) is 8.61. The molecule has 0 unspecified atom stereocenters. The summed E-state index contributed by atoms with van der Waals surface area (Å²) < 4.78 is 56.4. The SMILES string of the molecule is CCCCC(F)=C(F)c1ccc(-c2ccc(CCC)cc2)c(F)c1F. The number of hydrogen-bond acceptors (Lipinski definition) is 0. The van der Waals surface area contributed by atoms with Crippen LogP contribution in [-0.4, -0.2) is 0 Å². The largest absolute Gasteiger partial charge is 0.209 e. The van der Waals surface area contributed by atoms with Crippen LogP contribution < -0.4 is 0 Å². The molecule has 0 fully saturated rings. The van der Waals surface area contributed by atoms with Crippen molar-refractivity contribution in [2.24, 2.45) is 0 Å². The molecule has 0 aliphatic heterocycles. The van der Waals surface area contributed by atoms with Gasteiger partial charge in [0.25, 0.3) is 0 Å². The third-order valence-corrected chi connectivity index (χ3v) is 4.11. The van der Waals surface area contributed by atoms with Crippen LogP contribution in [0.2, 0.25) is 0 Å². The Kier molecular flexibility index (Phi) is 6.80. The van der Waals surface area contributed by atoms with Crippen molar-refractivity contribution in [3.05, 3.63) is 65.0 Å². The zero-order chi connectivity index (χ0) is 18.4. The number of rotatable bonds is 7. The Morgan fingerprint density at radius 2 is 1.52 bits per heavy atom. The summed E-state index contributed by atoms with van der Waals surface area (Å²) in [4.78, 5) is 0. The quantitative estimate of drug-likeness (QED) is 0.457. The molecule has 2 aromatic rings. The standard InChI is InChI=1S/C21H22F4/c1-3-5-7-18(22)19(23)17-13-12-16(20(24)21(17)25)15-10-8-14(6-4-2)9-11-15/h8-13H,3-7H2,1-2H3. The molecule has 0 aliphatic carbocycles. The Morgan fingerprint density at radius 3 is 2.12 bits per heavy atom. The lowest BCUT2D eigenvalue weighted by atomic mass is 9.99. The first-order chi connectivity index (χ1) is 12.0. The van der Waals surface area contributed by atoms with Crippen molar-refractivity contribution in [3.8, 4) is 11.1 Å². The van der Waals surface area contributed by atoms with Crippen molar-refractivity contribution in [3.63, 3.8) is 0 Å². The molecule has 0 atom stereocenters. The topological polar surface area (TPSA) is 0 Å². The zero-order valence-corrected chi connectivity index (χ0v) is 14.5. The van der Waals surface area contributed by atoms with Gasteiger partial charge in [-0.1, -0.05) is 57.0 Å². The van der Waals surface area contributed by atoms with Gasteiger partial charge < -0.3 is 0 Å². The Morgan fingerprint density at radius 1 is 0.840 bits per heavy atom. The Labute approximate surface area is 146 Å². The molecule has 2 aromatic carbocycles. The average Bonchev–Trinajstić information content (AvgIpc) is 2.62. The van der Waals surface area contributed by atoms with E-state index in [1.54, 1.807) is 12.1 Å². The fourth-order valence-electron chi connectivity index (χ4n) is 2.67. The van der Waals surface area contributed by atoms with Crippen LogP contribution >= 0.6 is 0 Å². The highest BCUT2D eigenvalue weighted by atomic mass is 19.2. The van der Waals surface area contributed by atoms with Crippen LogP contribution in [0.1, 0.15) is 50.7 Å². The third-order valence-electron chi connectivity index (χ3n) is 4.11. The van der Waals surface area contributed by atoms with Gasteiger partial charge in [0.1, 0.15) is 5.83 Å². The highest BCUT2D eigenvalue weighted by Gasteiger charge is 2.20. The van der Waals surface area contributed by atoms with E-state index in [4.69, 9.17) is 0 Å². The normalized spacial score (nSPS) is 12.2. The van der Waals surface area contributed by atoms with Crippen molar-refractivity contribution in [1.82, 2.24) is 0 Å². The molecule has 4 heteroatoms. The Hall–Kier alpha value is -2.10. The Bertz CT molecular complexity index is 745. The molecule has 2 rings (SSSR count). The molecule has 0 N–H and O–H groups in total. The minimum Gasteiger partial charge on any atom is -0.209 e. The predicted octanol–water partition coefficient (Wildman–Crippen LogP) is 7.38. The van der Waals surface area contributed by atoms with Gasteiger partial charge in [0.15, 0.2) is 17.5 Å². The smallest absolute Gasteiger partial charge is 0.169 e. The summed E-state index contributed by atoms with van der Waals surface area (Å²) in [5.41, 5.74) is 0.970. The lowest BCUT2D eigenvalue weighted by Crippen LogP contribution is -1.97. The maximum atomic E-state index is 14.4. The second kappa shape index (κ2) is 8.84. The van der Waals surface area contributed by atoms with E-state index in [1.165, 1.54) is 6.07 Å². The van der Waals surface area contributed by atoms with E-state index >= 15 is 0 Å². The van der Waals surface area contributed by atoms with Crippen LogP contribution in [0.15, 0.2) is 42.2 Å². The molecule has 134 valence electrons. The van der Waals surface area contributed by atoms with Crippen molar-refractivity contribution in [2.45, 2.75) is 46.0 Å². The van der Waals surface area contributed by atoms with E-state index in [2.05, 4.69) is 6.92 Å². The highest BCUT2D eigenvalue weighted by molar-refractivity contribution is 5.69. The van der Waals surface area contributed by atoms with Gasteiger partial charge in [0, 0.05) is 12.0 Å². The highest BCUT2D eigenvalue weighted by Crippen LogP contribution is 2.32. The van der Waals surface area contributed by atoms with Gasteiger partial charge in [-0.05, 0) is 30.0 Å². The maximum absolute atomic E-state index is 14.4. The average molecular weight is 350 g/mol. The minimum absolute atomic E-state index is 0.0334. The number of aryl methyl sites for hydroxylation is 1. The van der Waals surface area contributed by atoms with Crippen molar-refractivity contribution < 1.29 is 17.6 Å². The van der Waals surface area contributed by atoms with E-state index in [1.807, 2.05) is 19.1 Å². The molecular formula is C21H22F4. The van der Waals surface area contributed by atoms with Gasteiger partial charge in [0.05, 0.1) is 5.56 Å². The molecule has 0 bridgehead atoms. The maximum Gasteiger partial charge on any atom is 0.169 e. The lowest BCUT2D eigenvalue weighted by molar-refractivity contribution is 0.500. The first-order valence-corrected chi connectivity index (χ1v) is 8.61. The van der Waals surface area contributed by atoms with E-state index < -0.39 is 28.9 Å². The molecule has 0 spiro atoms. The predicted molar refractivity (Wildman–Crippen MR) is 94.5 cm³/mol. The van der Waals surface area contributed by atoms with Crippen LogP contribution in [0.5, 0.6) is 0 Å². The van der Waals surface area contributed by atoms with Crippen molar-refractivity contribution in [1.29, 1.82) is 0 Å². The molecule has 25 heavy (non-hydrogen) atoms. The molecule has 0 aliphatic rings. The summed E-state index contributed by atoms with van der Waals surface area (Å²) in [6, 6.07) is 9.50. The van der Waals surface area contributed by atoms with Gasteiger partial charge in [0.2, 0.25) is 0 Å². The second-order valence-electron chi connectivity index (χ2n) is 6.06. The summed E-state index contributed by atoms with van der Waals surface area (Å²) >= 11 is 0. The van der Waals surface area contributed by atoms with Crippen molar-refractivity contribution >= 4 is 5.83 Å². The summed E-state index contributed by atoms with van der Waals surface area (Å²) in [5, 5.41) is 0. The molecule has 0 saturated carbocycles. The van der Waals surface area contributed by atoms with Gasteiger partial charge >= 0.3 is 0 Å². The van der Waals surface area contributed by atoms with Crippen molar-refractivity contribution in [2.75, 3.05) is 0 Å². The van der Waals surface area contributed by atoms with Crippen LogP contribution in [0, 0.1) is 11.6 Å². The van der Waals surface area contributed by atoms with E-state index in [0.29, 0.717) is 18.4 Å². The number of unbranched alkanes of at least 4 members (excludes halogenated alkanes) is 1. The minimum atomic E-state index is -1.36. The fraction of sp³-hybridized carbons (Fsp3) is 0.333. The zero-order valence-electron chi connectivity index (χ0n) is 14.5. The number of allylic oxidation sites excluding steroid dienone is 1. The van der Waals surface area contributed by atoms with Gasteiger partial charge in [-0.2, -0.15) is 0 Å². The van der Waals surface area contributed by atoms with Crippen LogP contribution in [0.3, 0.4) is 0 Å². The third kappa shape index (κ3) is 4.50. The second-order valence-corrected chi connectivity index (χ2v) is 6.06. The Balaban J connectivity index is 2.37. The first kappa shape index (κ1) is 19.2. The fourth-order valence-corrected chi connectivity index (χ4v) is 2.67. The summed E-state index contributed by atoms with van der Waals surface area (Å²) in [6.07, 6.45) is 2.91. The van der Waals surface area contributed by atoms with Crippen LogP contribution in [0.25, 0.3) is 17.0 Å². The van der Waals surface area contributed by atoms with Crippen LogP contribution in [0.4, 0.5) is 17.6 Å². The summed E-state index contributed by atoms with van der Waals surface area (Å²) in [7, 11) is 0. The van der Waals surface area contributed by atoms with E-state index in [9.17, 15) is 17.6 Å².